The molecule has 1 amide bonds. The number of nitrogens with zero attached hydrogens (tertiary/aromatic N) is 1. The molecule has 1 unspecified atom stereocenters. The van der Waals surface area contributed by atoms with Crippen molar-refractivity contribution in [2.75, 3.05) is 6.61 Å². The molecule has 1 atom stereocenters. The van der Waals surface area contributed by atoms with Crippen LogP contribution in [0.2, 0.25) is 5.02 Å². The summed E-state index contributed by atoms with van der Waals surface area (Å²) in [4.78, 5) is 15.7. The molecule has 0 bridgehead atoms. The van der Waals surface area contributed by atoms with Crippen LogP contribution in [0.5, 0.6) is 0 Å². The first-order valence-corrected chi connectivity index (χ1v) is 6.81. The molecule has 0 saturated carbocycles. The van der Waals surface area contributed by atoms with Gasteiger partial charge in [0.1, 0.15) is 5.60 Å². The summed E-state index contributed by atoms with van der Waals surface area (Å²) in [5, 5.41) is 12.3. The maximum atomic E-state index is 11.6. The van der Waals surface area contributed by atoms with Gasteiger partial charge in [-0.15, -0.1) is 0 Å². The van der Waals surface area contributed by atoms with E-state index in [4.69, 9.17) is 16.3 Å². The van der Waals surface area contributed by atoms with Crippen LogP contribution in [0, 0.1) is 0 Å². The second kappa shape index (κ2) is 6.54. The predicted octanol–water partition coefficient (Wildman–Crippen LogP) is 3.06. The second-order valence-corrected chi connectivity index (χ2v) is 6.17. The molecule has 0 aliphatic carbocycles. The minimum absolute atomic E-state index is 0.291. The highest BCUT2D eigenvalue weighted by Crippen LogP contribution is 2.24. The molecule has 0 spiro atoms. The van der Waals surface area contributed by atoms with E-state index in [1.807, 2.05) is 0 Å². The summed E-state index contributed by atoms with van der Waals surface area (Å²) in [5.41, 5.74) is -0.109. The van der Waals surface area contributed by atoms with E-state index < -0.39 is 17.7 Å². The standard InChI is InChI=1S/C12H16BrClN2O3/c1-12(2,3)19-11(18)16-10(6-17)9-4-7(13)8(14)5-15-9/h4-5,10,17H,6H2,1-3H3,(H,16,18). The number of hydrogen-bond donors (Lipinski definition) is 2. The molecule has 1 heterocycles. The number of carbonyl (C=O) groups is 1. The quantitative estimate of drug-likeness (QED) is 0.878. The van der Waals surface area contributed by atoms with Crippen molar-refractivity contribution in [2.24, 2.45) is 0 Å². The number of nitrogens with one attached hydrogen (secondary N) is 1. The molecule has 1 rings (SSSR count). The van der Waals surface area contributed by atoms with Crippen LogP contribution in [-0.4, -0.2) is 28.4 Å². The number of ether oxygens (including phenoxy) is 1. The minimum Gasteiger partial charge on any atom is -0.444 e. The van der Waals surface area contributed by atoms with Gasteiger partial charge in [0.15, 0.2) is 0 Å². The summed E-state index contributed by atoms with van der Waals surface area (Å²) in [6.45, 7) is 4.99. The Labute approximate surface area is 125 Å². The van der Waals surface area contributed by atoms with Crippen molar-refractivity contribution in [3.63, 3.8) is 0 Å². The van der Waals surface area contributed by atoms with Crippen LogP contribution in [0.15, 0.2) is 16.7 Å². The lowest BCUT2D eigenvalue weighted by Crippen LogP contribution is -2.36. The summed E-state index contributed by atoms with van der Waals surface area (Å²) >= 11 is 9.10. The third-order valence-electron chi connectivity index (χ3n) is 2.06. The number of amides is 1. The van der Waals surface area contributed by atoms with E-state index in [1.165, 1.54) is 6.20 Å². The second-order valence-electron chi connectivity index (χ2n) is 4.90. The molecule has 0 aromatic carbocycles. The summed E-state index contributed by atoms with van der Waals surface area (Å²) in [5.74, 6) is 0. The van der Waals surface area contributed by atoms with Crippen molar-refractivity contribution in [1.29, 1.82) is 0 Å². The Morgan fingerprint density at radius 1 is 1.63 bits per heavy atom. The first-order valence-electron chi connectivity index (χ1n) is 5.64. The van der Waals surface area contributed by atoms with Crippen LogP contribution in [0.1, 0.15) is 32.5 Å². The van der Waals surface area contributed by atoms with E-state index in [0.717, 1.165) is 0 Å². The molecule has 1 aromatic rings. The number of carbonyl (C=O) groups excluding carboxylic acids is 1. The molecule has 106 valence electrons. The van der Waals surface area contributed by atoms with Gasteiger partial charge in [0, 0.05) is 10.7 Å². The third-order valence-corrected chi connectivity index (χ3v) is 3.25. The first kappa shape index (κ1) is 16.2. The highest BCUT2D eigenvalue weighted by atomic mass is 79.9. The van der Waals surface area contributed by atoms with Gasteiger partial charge < -0.3 is 15.2 Å². The van der Waals surface area contributed by atoms with Gasteiger partial charge in [-0.3, -0.25) is 4.98 Å². The zero-order chi connectivity index (χ0) is 14.6. The monoisotopic (exact) mass is 350 g/mol. The number of rotatable bonds is 3. The van der Waals surface area contributed by atoms with Crippen LogP contribution in [-0.2, 0) is 4.74 Å². The summed E-state index contributed by atoms with van der Waals surface area (Å²) in [6.07, 6.45) is 0.833. The largest absolute Gasteiger partial charge is 0.444 e. The number of halogens is 2. The fraction of sp³-hybridized carbons (Fsp3) is 0.500. The molecular weight excluding hydrogens is 336 g/mol. The van der Waals surface area contributed by atoms with Gasteiger partial charge in [-0.1, -0.05) is 11.6 Å². The van der Waals surface area contributed by atoms with Crippen LogP contribution in [0.4, 0.5) is 4.79 Å². The van der Waals surface area contributed by atoms with E-state index >= 15 is 0 Å². The predicted molar refractivity (Wildman–Crippen MR) is 76.1 cm³/mol. The molecule has 2 N–H and O–H groups in total. The Hall–Kier alpha value is -0.850. The van der Waals surface area contributed by atoms with Crippen LogP contribution < -0.4 is 5.32 Å². The van der Waals surface area contributed by atoms with Gasteiger partial charge in [-0.25, -0.2) is 4.79 Å². The van der Waals surface area contributed by atoms with E-state index in [9.17, 15) is 9.90 Å². The summed E-state index contributed by atoms with van der Waals surface area (Å²) < 4.78 is 5.76. The minimum atomic E-state index is -0.650. The molecule has 7 heteroatoms. The zero-order valence-corrected chi connectivity index (χ0v) is 13.2. The van der Waals surface area contributed by atoms with Crippen molar-refractivity contribution in [3.05, 3.63) is 27.5 Å². The van der Waals surface area contributed by atoms with Crippen molar-refractivity contribution >= 4 is 33.6 Å². The Bertz CT molecular complexity index is 463. The highest BCUT2D eigenvalue weighted by Gasteiger charge is 2.21. The Morgan fingerprint density at radius 3 is 2.74 bits per heavy atom. The number of pyridine rings is 1. The molecule has 0 aliphatic heterocycles. The van der Waals surface area contributed by atoms with Gasteiger partial charge in [0.05, 0.1) is 23.4 Å². The van der Waals surface area contributed by atoms with Gasteiger partial charge in [-0.2, -0.15) is 0 Å². The summed E-state index contributed by atoms with van der Waals surface area (Å²) in [7, 11) is 0. The lowest BCUT2D eigenvalue weighted by atomic mass is 10.2. The number of aromatic nitrogens is 1. The fourth-order valence-corrected chi connectivity index (χ4v) is 1.72. The van der Waals surface area contributed by atoms with Crippen molar-refractivity contribution in [2.45, 2.75) is 32.4 Å². The molecule has 0 aliphatic rings. The molecule has 5 nitrogen and oxygen atoms in total. The average Bonchev–Trinajstić information content (AvgIpc) is 2.27. The fourth-order valence-electron chi connectivity index (χ4n) is 1.28. The lowest BCUT2D eigenvalue weighted by Gasteiger charge is -2.22. The number of hydrogen-bond acceptors (Lipinski definition) is 4. The molecule has 0 radical (unpaired) electrons. The Balaban J connectivity index is 2.78. The van der Waals surface area contributed by atoms with Gasteiger partial charge in [-0.05, 0) is 42.8 Å². The van der Waals surface area contributed by atoms with Gasteiger partial charge in [0.2, 0.25) is 0 Å². The van der Waals surface area contributed by atoms with E-state index in [-0.39, 0.29) is 6.61 Å². The topological polar surface area (TPSA) is 71.5 Å². The van der Waals surface area contributed by atoms with E-state index in [0.29, 0.717) is 15.2 Å². The Kier molecular flexibility index (Phi) is 5.58. The smallest absolute Gasteiger partial charge is 0.408 e. The van der Waals surface area contributed by atoms with Crippen molar-refractivity contribution < 1.29 is 14.6 Å². The number of alkyl carbamates (subject to hydrolysis) is 1. The lowest BCUT2D eigenvalue weighted by molar-refractivity contribution is 0.0480. The molecule has 0 saturated heterocycles. The van der Waals surface area contributed by atoms with Crippen LogP contribution in [0.25, 0.3) is 0 Å². The maximum absolute atomic E-state index is 11.6. The molecule has 1 aromatic heterocycles. The third kappa shape index (κ3) is 5.34. The van der Waals surface area contributed by atoms with E-state index in [2.05, 4.69) is 26.2 Å². The molecule has 0 fully saturated rings. The first-order chi connectivity index (χ1) is 8.73. The number of aliphatic hydroxyl groups excluding tert-OH is 1. The van der Waals surface area contributed by atoms with Crippen LogP contribution >= 0.6 is 27.5 Å². The van der Waals surface area contributed by atoms with Gasteiger partial charge in [0.25, 0.3) is 0 Å². The number of aliphatic hydroxyl groups is 1. The van der Waals surface area contributed by atoms with Gasteiger partial charge >= 0.3 is 6.09 Å². The Morgan fingerprint density at radius 2 is 2.26 bits per heavy atom. The maximum Gasteiger partial charge on any atom is 0.408 e. The zero-order valence-electron chi connectivity index (χ0n) is 10.9. The molecular formula is C12H16BrClN2O3. The average molecular weight is 352 g/mol. The van der Waals surface area contributed by atoms with E-state index in [1.54, 1.807) is 26.8 Å². The van der Waals surface area contributed by atoms with Crippen LogP contribution in [0.3, 0.4) is 0 Å². The van der Waals surface area contributed by atoms with Crippen molar-refractivity contribution in [1.82, 2.24) is 10.3 Å². The normalized spacial score (nSPS) is 12.9. The summed E-state index contributed by atoms with van der Waals surface area (Å²) in [6, 6.07) is 0.990. The van der Waals surface area contributed by atoms with Crippen molar-refractivity contribution in [3.8, 4) is 0 Å². The highest BCUT2D eigenvalue weighted by molar-refractivity contribution is 9.10. The molecule has 19 heavy (non-hydrogen) atoms. The SMILES string of the molecule is CC(C)(C)OC(=O)NC(CO)c1cc(Br)c(Cl)cn1.